The number of aliphatic hydroxyl groups excluding tert-OH is 1. The summed E-state index contributed by atoms with van der Waals surface area (Å²) >= 11 is 5.32. The van der Waals surface area contributed by atoms with Crippen molar-refractivity contribution in [3.8, 4) is 0 Å². The van der Waals surface area contributed by atoms with Crippen LogP contribution < -0.4 is 0 Å². The Morgan fingerprint density at radius 1 is 1.88 bits per heavy atom. The molecule has 0 aromatic rings. The Hall–Kier alpha value is 0.210. The first-order valence-electron chi connectivity index (χ1n) is 2.65. The van der Waals surface area contributed by atoms with E-state index in [0.29, 0.717) is 0 Å². The van der Waals surface area contributed by atoms with Gasteiger partial charge in [0.25, 0.3) is 0 Å². The molecule has 2 nitrogen and oxygen atoms in total. The third-order valence-corrected chi connectivity index (χ3v) is 1.61. The third kappa shape index (κ3) is 1.13. The fraction of sp³-hybridized carbons (Fsp3) is 1.00. The van der Waals surface area contributed by atoms with Gasteiger partial charge in [-0.2, -0.15) is 0 Å². The molecule has 0 spiro atoms. The molecule has 0 aromatic heterocycles. The summed E-state index contributed by atoms with van der Waals surface area (Å²) < 4.78 is 4.94. The molecule has 1 rings (SSSR count). The molecule has 8 heavy (non-hydrogen) atoms. The topological polar surface area (TPSA) is 32.8 Å². The van der Waals surface area contributed by atoms with Crippen LogP contribution in [0.15, 0.2) is 0 Å². The maximum absolute atomic E-state index is 8.91. The molecular formula is C5H9ClO2. The van der Waals surface area contributed by atoms with E-state index in [4.69, 9.17) is 21.4 Å². The van der Waals surface area contributed by atoms with Gasteiger partial charge in [-0.25, -0.2) is 0 Å². The van der Waals surface area contributed by atoms with Gasteiger partial charge in [0.15, 0.2) is 0 Å². The molecule has 0 bridgehead atoms. The lowest BCUT2D eigenvalue weighted by molar-refractivity contribution is 0.155. The van der Waals surface area contributed by atoms with Crippen LogP contribution in [0.1, 0.15) is 6.92 Å². The quantitative estimate of drug-likeness (QED) is 0.440. The number of hydrogen-bond donors (Lipinski definition) is 1. The van der Waals surface area contributed by atoms with E-state index in [1.807, 2.05) is 6.92 Å². The summed E-state index contributed by atoms with van der Waals surface area (Å²) in [5.41, 5.74) is 0. The maximum atomic E-state index is 8.91. The van der Waals surface area contributed by atoms with E-state index >= 15 is 0 Å². The summed E-state index contributed by atoms with van der Waals surface area (Å²) in [7, 11) is 0. The van der Waals surface area contributed by atoms with Crippen LogP contribution >= 0.6 is 11.6 Å². The number of rotatable bonds is 2. The van der Waals surface area contributed by atoms with Crippen molar-refractivity contribution < 1.29 is 9.84 Å². The fourth-order valence-electron chi connectivity index (χ4n) is 0.694. The molecule has 3 atom stereocenters. The van der Waals surface area contributed by atoms with Gasteiger partial charge < -0.3 is 9.84 Å². The highest BCUT2D eigenvalue weighted by Gasteiger charge is 2.39. The Kier molecular flexibility index (Phi) is 1.75. The van der Waals surface area contributed by atoms with E-state index < -0.39 is 6.10 Å². The van der Waals surface area contributed by atoms with Gasteiger partial charge in [-0.3, -0.25) is 0 Å². The van der Waals surface area contributed by atoms with Gasteiger partial charge in [0.1, 0.15) is 6.10 Å². The first kappa shape index (κ1) is 6.33. The zero-order valence-electron chi connectivity index (χ0n) is 4.67. The maximum Gasteiger partial charge on any atom is 0.111 e. The molecule has 0 aliphatic carbocycles. The monoisotopic (exact) mass is 136 g/mol. The highest BCUT2D eigenvalue weighted by Crippen LogP contribution is 2.24. The summed E-state index contributed by atoms with van der Waals surface area (Å²) in [6.45, 7) is 1.92. The average Bonchev–Trinajstić information content (AvgIpc) is 2.45. The van der Waals surface area contributed by atoms with Crippen molar-refractivity contribution >= 4 is 11.6 Å². The van der Waals surface area contributed by atoms with Crippen molar-refractivity contribution in [3.05, 3.63) is 0 Å². The summed E-state index contributed by atoms with van der Waals surface area (Å²) in [5.74, 6) is 0.273. The Balaban J connectivity index is 2.18. The Morgan fingerprint density at radius 3 is 2.50 bits per heavy atom. The van der Waals surface area contributed by atoms with E-state index in [1.54, 1.807) is 0 Å². The molecule has 48 valence electrons. The van der Waals surface area contributed by atoms with E-state index in [9.17, 15) is 0 Å². The summed E-state index contributed by atoms with van der Waals surface area (Å²) in [6, 6.07) is 0. The number of aliphatic hydroxyl groups is 1. The van der Waals surface area contributed by atoms with Crippen molar-refractivity contribution in [2.75, 3.05) is 5.88 Å². The SMILES string of the molecule is CC1OC1C(O)CCl. The van der Waals surface area contributed by atoms with Crippen molar-refractivity contribution in [2.24, 2.45) is 0 Å². The average molecular weight is 137 g/mol. The van der Waals surface area contributed by atoms with Gasteiger partial charge >= 0.3 is 0 Å². The van der Waals surface area contributed by atoms with E-state index in [1.165, 1.54) is 0 Å². The molecule has 1 aliphatic heterocycles. The molecule has 0 amide bonds. The minimum absolute atomic E-state index is 0.00694. The van der Waals surface area contributed by atoms with Crippen LogP contribution in [0.25, 0.3) is 0 Å². The molecule has 0 radical (unpaired) electrons. The van der Waals surface area contributed by atoms with Crippen molar-refractivity contribution in [3.63, 3.8) is 0 Å². The minimum atomic E-state index is -0.466. The van der Waals surface area contributed by atoms with Gasteiger partial charge in [0.05, 0.1) is 18.1 Å². The Morgan fingerprint density at radius 2 is 2.38 bits per heavy atom. The van der Waals surface area contributed by atoms with E-state index in [0.717, 1.165) is 0 Å². The molecule has 0 saturated carbocycles. The lowest BCUT2D eigenvalue weighted by atomic mass is 10.2. The van der Waals surface area contributed by atoms with Crippen LogP contribution in [0.3, 0.4) is 0 Å². The second-order valence-corrected chi connectivity index (χ2v) is 2.34. The normalized spacial score (nSPS) is 39.4. The minimum Gasteiger partial charge on any atom is -0.389 e. The highest BCUT2D eigenvalue weighted by molar-refractivity contribution is 6.18. The smallest absolute Gasteiger partial charge is 0.111 e. The lowest BCUT2D eigenvalue weighted by Gasteiger charge is -1.97. The predicted molar refractivity (Wildman–Crippen MR) is 31.1 cm³/mol. The number of alkyl halides is 1. The predicted octanol–water partition coefficient (Wildman–Crippen LogP) is 0.373. The zero-order chi connectivity index (χ0) is 6.15. The first-order chi connectivity index (χ1) is 3.75. The number of halogens is 1. The number of hydrogen-bond acceptors (Lipinski definition) is 2. The molecule has 1 N–H and O–H groups in total. The van der Waals surface area contributed by atoms with Crippen LogP contribution in [0, 0.1) is 0 Å². The largest absolute Gasteiger partial charge is 0.389 e. The molecule has 1 saturated heterocycles. The standard InChI is InChI=1S/C5H9ClO2/c1-3-5(8-3)4(7)2-6/h3-5,7H,2H2,1H3. The summed E-state index contributed by atoms with van der Waals surface area (Å²) in [5, 5.41) is 8.91. The lowest BCUT2D eigenvalue weighted by Crippen LogP contribution is -2.17. The molecule has 0 aromatic carbocycles. The van der Waals surface area contributed by atoms with E-state index in [-0.39, 0.29) is 18.1 Å². The second-order valence-electron chi connectivity index (χ2n) is 2.03. The molecule has 1 fully saturated rings. The Labute approximate surface area is 53.4 Å². The van der Waals surface area contributed by atoms with E-state index in [2.05, 4.69) is 0 Å². The number of ether oxygens (including phenoxy) is 1. The molecule has 1 aliphatic rings. The number of epoxide rings is 1. The van der Waals surface area contributed by atoms with Crippen LogP contribution in [-0.2, 0) is 4.74 Å². The van der Waals surface area contributed by atoms with Gasteiger partial charge in [-0.1, -0.05) is 0 Å². The molecule has 1 heterocycles. The third-order valence-electron chi connectivity index (χ3n) is 1.30. The van der Waals surface area contributed by atoms with Gasteiger partial charge in [0, 0.05) is 0 Å². The van der Waals surface area contributed by atoms with Crippen LogP contribution in [0.2, 0.25) is 0 Å². The highest BCUT2D eigenvalue weighted by atomic mass is 35.5. The van der Waals surface area contributed by atoms with Crippen molar-refractivity contribution in [2.45, 2.75) is 25.2 Å². The fourth-order valence-corrected chi connectivity index (χ4v) is 0.869. The van der Waals surface area contributed by atoms with Crippen LogP contribution in [-0.4, -0.2) is 29.3 Å². The summed E-state index contributed by atoms with van der Waals surface area (Å²) in [4.78, 5) is 0. The zero-order valence-corrected chi connectivity index (χ0v) is 5.43. The Bertz CT molecular complexity index is 84.5. The van der Waals surface area contributed by atoms with Crippen LogP contribution in [0.4, 0.5) is 0 Å². The molecular weight excluding hydrogens is 128 g/mol. The summed E-state index contributed by atoms with van der Waals surface area (Å²) in [6.07, 6.45) is -0.247. The van der Waals surface area contributed by atoms with Gasteiger partial charge in [0.2, 0.25) is 0 Å². The van der Waals surface area contributed by atoms with Crippen LogP contribution in [0.5, 0.6) is 0 Å². The van der Waals surface area contributed by atoms with Gasteiger partial charge in [-0.05, 0) is 6.92 Å². The van der Waals surface area contributed by atoms with Gasteiger partial charge in [-0.15, -0.1) is 11.6 Å². The molecule has 3 heteroatoms. The van der Waals surface area contributed by atoms with Crippen molar-refractivity contribution in [1.82, 2.24) is 0 Å². The van der Waals surface area contributed by atoms with Crippen molar-refractivity contribution in [1.29, 1.82) is 0 Å². The molecule has 3 unspecified atom stereocenters. The first-order valence-corrected chi connectivity index (χ1v) is 3.18. The second kappa shape index (κ2) is 2.21.